The van der Waals surface area contributed by atoms with Crippen molar-refractivity contribution < 1.29 is 0 Å². The van der Waals surface area contributed by atoms with Gasteiger partial charge in [-0.1, -0.05) is 77.0 Å². The van der Waals surface area contributed by atoms with Crippen molar-refractivity contribution in [1.29, 1.82) is 0 Å². The van der Waals surface area contributed by atoms with Crippen LogP contribution in [-0.4, -0.2) is 18.0 Å². The van der Waals surface area contributed by atoms with Gasteiger partial charge in [-0.25, -0.2) is 0 Å². The Morgan fingerprint density at radius 3 is 1.71 bits per heavy atom. The highest BCUT2D eigenvalue weighted by Crippen LogP contribution is 2.17. The molecule has 2 heterocycles. The third-order valence-electron chi connectivity index (χ3n) is 5.13. The minimum absolute atomic E-state index is 1.29. The van der Waals surface area contributed by atoms with E-state index in [-0.39, 0.29) is 0 Å². The molecule has 24 heavy (non-hydrogen) atoms. The van der Waals surface area contributed by atoms with Gasteiger partial charge in [-0.15, -0.1) is 0 Å². The fourth-order valence-electron chi connectivity index (χ4n) is 3.45. The summed E-state index contributed by atoms with van der Waals surface area (Å²) in [6.07, 6.45) is 18.9. The Kier molecular flexibility index (Phi) is 8.17. The molecule has 0 amide bonds. The third kappa shape index (κ3) is 5.55. The average Bonchev–Trinajstić information content (AvgIpc) is 2.65. The zero-order chi connectivity index (χ0) is 17.1. The minimum Gasteiger partial charge on any atom is -0.265 e. The molecule has 130 valence electrons. The van der Waals surface area contributed by atoms with Gasteiger partial charge in [-0.2, -0.15) is 0 Å². The highest BCUT2D eigenvalue weighted by Gasteiger charge is 2.31. The Balaban J connectivity index is 1.91. The first-order valence-electron chi connectivity index (χ1n) is 9.58. The normalized spacial score (nSPS) is 11.6. The van der Waals surface area contributed by atoms with Crippen LogP contribution in [0.5, 0.6) is 0 Å². The molecule has 0 saturated carbocycles. The summed E-state index contributed by atoms with van der Waals surface area (Å²) in [6.45, 7) is 4.75. The number of pyridine rings is 2. The lowest BCUT2D eigenvalue weighted by Gasteiger charge is -2.28. The molecule has 0 aromatic carbocycles. The van der Waals surface area contributed by atoms with E-state index in [9.17, 15) is 0 Å². The monoisotopic (exact) mass is 340 g/mol. The maximum Gasteiger partial charge on any atom is 0.119 e. The molecule has 0 radical (unpaired) electrons. The van der Waals surface area contributed by atoms with Crippen molar-refractivity contribution in [2.24, 2.45) is 0 Å². The fourth-order valence-corrected chi connectivity index (χ4v) is 6.96. The molecule has 3 heteroatoms. The standard InChI is InChI=1S/C21H32N2Si/c1-3-4-5-6-7-8-9-10-17-24(2,20-13-11-15-22-18-20)21-14-12-16-23-19-21/h11-16,18-19H,3-10,17H2,1-2H3. The van der Waals surface area contributed by atoms with E-state index in [1.54, 1.807) is 0 Å². The molecule has 0 aliphatic carbocycles. The Bertz CT molecular complexity index is 517. The van der Waals surface area contributed by atoms with E-state index >= 15 is 0 Å². The number of unbranched alkanes of at least 4 members (excludes halogenated alkanes) is 7. The molecule has 0 aliphatic rings. The number of aromatic nitrogens is 2. The van der Waals surface area contributed by atoms with E-state index in [2.05, 4.69) is 60.1 Å². The molecule has 0 aliphatic heterocycles. The lowest BCUT2D eigenvalue weighted by molar-refractivity contribution is 0.584. The minimum atomic E-state index is -1.71. The van der Waals surface area contributed by atoms with Gasteiger partial charge in [0.1, 0.15) is 8.07 Å². The van der Waals surface area contributed by atoms with Gasteiger partial charge >= 0.3 is 0 Å². The van der Waals surface area contributed by atoms with Crippen molar-refractivity contribution in [3.05, 3.63) is 49.1 Å². The van der Waals surface area contributed by atoms with E-state index in [1.165, 1.54) is 67.8 Å². The molecule has 0 spiro atoms. The van der Waals surface area contributed by atoms with Gasteiger partial charge in [0.05, 0.1) is 0 Å². The first-order chi connectivity index (χ1) is 11.8. The number of hydrogen-bond donors (Lipinski definition) is 0. The average molecular weight is 341 g/mol. The molecule has 0 saturated heterocycles. The van der Waals surface area contributed by atoms with Gasteiger partial charge in [-0.3, -0.25) is 9.97 Å². The summed E-state index contributed by atoms with van der Waals surface area (Å²) in [5.74, 6) is 0. The maximum absolute atomic E-state index is 4.38. The van der Waals surface area contributed by atoms with Gasteiger partial charge in [0.2, 0.25) is 0 Å². The fraction of sp³-hybridized carbons (Fsp3) is 0.524. The summed E-state index contributed by atoms with van der Waals surface area (Å²) in [7, 11) is -1.71. The SMILES string of the molecule is CCCCCCCCCC[Si](C)(c1cccnc1)c1cccnc1. The van der Waals surface area contributed by atoms with E-state index in [0.29, 0.717) is 0 Å². The molecule has 0 fully saturated rings. The Labute approximate surface area is 148 Å². The second kappa shape index (κ2) is 10.4. The second-order valence-corrected chi connectivity index (χ2v) is 11.4. The summed E-state index contributed by atoms with van der Waals surface area (Å²) in [4.78, 5) is 8.75. The van der Waals surface area contributed by atoms with Gasteiger partial charge in [-0.05, 0) is 28.6 Å². The number of hydrogen-bond acceptors (Lipinski definition) is 2. The first kappa shape index (κ1) is 18.8. The Morgan fingerprint density at radius 2 is 1.25 bits per heavy atom. The van der Waals surface area contributed by atoms with Crippen LogP contribution in [0.25, 0.3) is 0 Å². The van der Waals surface area contributed by atoms with Crippen LogP contribution in [0.4, 0.5) is 0 Å². The maximum atomic E-state index is 4.38. The lowest BCUT2D eigenvalue weighted by Crippen LogP contribution is -2.55. The van der Waals surface area contributed by atoms with Crippen LogP contribution in [-0.2, 0) is 0 Å². The summed E-state index contributed by atoms with van der Waals surface area (Å²) in [5.41, 5.74) is 0. The Morgan fingerprint density at radius 1 is 0.750 bits per heavy atom. The van der Waals surface area contributed by atoms with Crippen molar-refractivity contribution in [1.82, 2.24) is 9.97 Å². The number of nitrogens with zero attached hydrogens (tertiary/aromatic N) is 2. The van der Waals surface area contributed by atoms with Gasteiger partial charge in [0.15, 0.2) is 0 Å². The zero-order valence-electron chi connectivity index (χ0n) is 15.4. The molecule has 2 rings (SSSR count). The molecular formula is C21H32N2Si. The summed E-state index contributed by atoms with van der Waals surface area (Å²) in [5, 5.41) is 2.86. The molecular weight excluding hydrogens is 308 g/mol. The quantitative estimate of drug-likeness (QED) is 0.433. The topological polar surface area (TPSA) is 25.8 Å². The summed E-state index contributed by atoms with van der Waals surface area (Å²) in [6, 6.07) is 9.96. The lowest BCUT2D eigenvalue weighted by atomic mass is 10.1. The van der Waals surface area contributed by atoms with Gasteiger partial charge in [0, 0.05) is 24.8 Å². The Hall–Kier alpha value is -1.48. The van der Waals surface area contributed by atoms with Crippen LogP contribution < -0.4 is 10.4 Å². The van der Waals surface area contributed by atoms with Crippen LogP contribution in [0.1, 0.15) is 58.3 Å². The van der Waals surface area contributed by atoms with E-state index in [4.69, 9.17) is 0 Å². The highest BCUT2D eigenvalue weighted by atomic mass is 28.3. The molecule has 0 unspecified atom stereocenters. The molecule has 2 nitrogen and oxygen atoms in total. The predicted octanol–water partition coefficient (Wildman–Crippen LogP) is 4.81. The van der Waals surface area contributed by atoms with Crippen molar-refractivity contribution in [3.63, 3.8) is 0 Å². The van der Waals surface area contributed by atoms with Crippen molar-refractivity contribution in [2.75, 3.05) is 0 Å². The van der Waals surface area contributed by atoms with Crippen molar-refractivity contribution >= 4 is 18.4 Å². The molecule has 0 bridgehead atoms. The second-order valence-electron chi connectivity index (χ2n) is 7.04. The van der Waals surface area contributed by atoms with E-state index in [1.807, 2.05) is 12.4 Å². The van der Waals surface area contributed by atoms with Crippen LogP contribution in [0, 0.1) is 0 Å². The van der Waals surface area contributed by atoms with E-state index in [0.717, 1.165) is 0 Å². The predicted molar refractivity (Wildman–Crippen MR) is 107 cm³/mol. The summed E-state index contributed by atoms with van der Waals surface area (Å²) < 4.78 is 0. The molecule has 0 atom stereocenters. The number of rotatable bonds is 11. The first-order valence-corrected chi connectivity index (χ1v) is 12.3. The van der Waals surface area contributed by atoms with Crippen LogP contribution >= 0.6 is 0 Å². The van der Waals surface area contributed by atoms with Crippen molar-refractivity contribution in [3.8, 4) is 0 Å². The summed E-state index contributed by atoms with van der Waals surface area (Å²) >= 11 is 0. The van der Waals surface area contributed by atoms with Crippen LogP contribution in [0.15, 0.2) is 49.1 Å². The molecule has 0 N–H and O–H groups in total. The van der Waals surface area contributed by atoms with Crippen LogP contribution in [0.2, 0.25) is 12.6 Å². The van der Waals surface area contributed by atoms with Crippen LogP contribution in [0.3, 0.4) is 0 Å². The third-order valence-corrected chi connectivity index (χ3v) is 9.62. The van der Waals surface area contributed by atoms with E-state index < -0.39 is 8.07 Å². The highest BCUT2D eigenvalue weighted by molar-refractivity contribution is 7.01. The zero-order valence-corrected chi connectivity index (χ0v) is 16.4. The molecule has 2 aromatic rings. The van der Waals surface area contributed by atoms with Gasteiger partial charge < -0.3 is 0 Å². The van der Waals surface area contributed by atoms with Gasteiger partial charge in [0.25, 0.3) is 0 Å². The largest absolute Gasteiger partial charge is 0.265 e. The smallest absolute Gasteiger partial charge is 0.119 e. The van der Waals surface area contributed by atoms with Crippen molar-refractivity contribution in [2.45, 2.75) is 70.9 Å². The molecule has 2 aromatic heterocycles.